The van der Waals surface area contributed by atoms with Crippen LogP contribution in [0.15, 0.2) is 48.4 Å². The second kappa shape index (κ2) is 10.4. The molecule has 1 N–H and O–H groups in total. The first-order chi connectivity index (χ1) is 18.1. The summed E-state index contributed by atoms with van der Waals surface area (Å²) in [6, 6.07) is 5.70. The fraction of sp³-hybridized carbons (Fsp3) is 0.292. The van der Waals surface area contributed by atoms with Gasteiger partial charge in [0.05, 0.1) is 33.5 Å². The van der Waals surface area contributed by atoms with Crippen LogP contribution in [0.3, 0.4) is 0 Å². The van der Waals surface area contributed by atoms with Crippen molar-refractivity contribution in [3.63, 3.8) is 0 Å². The number of nitrogens with one attached hydrogen (secondary N) is 1. The first-order valence-corrected chi connectivity index (χ1v) is 12.5. The fourth-order valence-corrected chi connectivity index (χ4v) is 4.58. The van der Waals surface area contributed by atoms with Gasteiger partial charge in [0.25, 0.3) is 5.91 Å². The average molecular weight is 545 g/mol. The van der Waals surface area contributed by atoms with Crippen molar-refractivity contribution in [1.29, 1.82) is 0 Å². The number of halogens is 3. The Morgan fingerprint density at radius 3 is 2.61 bits per heavy atom. The lowest BCUT2D eigenvalue weighted by molar-refractivity contribution is -0.274. The van der Waals surface area contributed by atoms with Crippen molar-refractivity contribution < 1.29 is 22.7 Å². The molecule has 14 heteroatoms. The maximum absolute atomic E-state index is 13.1. The molecule has 0 spiro atoms. The lowest BCUT2D eigenvalue weighted by atomic mass is 10.2. The second-order valence-electron chi connectivity index (χ2n) is 8.75. The Kier molecular flexibility index (Phi) is 6.99. The minimum atomic E-state index is -4.87. The molecule has 3 aromatic heterocycles. The van der Waals surface area contributed by atoms with E-state index >= 15 is 0 Å². The van der Waals surface area contributed by atoms with Gasteiger partial charge in [-0.15, -0.1) is 29.6 Å². The Hall–Kier alpha value is -4.04. The number of aryl methyl sites for hydroxylation is 1. The molecule has 4 aromatic rings. The van der Waals surface area contributed by atoms with Gasteiger partial charge in [-0.2, -0.15) is 0 Å². The van der Waals surface area contributed by atoms with Crippen LogP contribution in [0.2, 0.25) is 0 Å². The van der Waals surface area contributed by atoms with E-state index in [1.165, 1.54) is 28.3 Å². The highest BCUT2D eigenvalue weighted by Gasteiger charge is 2.32. The third kappa shape index (κ3) is 5.92. The third-order valence-corrected chi connectivity index (χ3v) is 6.79. The highest BCUT2D eigenvalue weighted by molar-refractivity contribution is 7.13. The molecule has 1 saturated heterocycles. The monoisotopic (exact) mass is 544 g/mol. The number of hydrogen-bond donors (Lipinski definition) is 1. The molecular weight excluding hydrogens is 521 g/mol. The first-order valence-electron chi connectivity index (χ1n) is 11.6. The zero-order chi connectivity index (χ0) is 26.9. The molecule has 0 unspecified atom stereocenters. The first kappa shape index (κ1) is 25.6. The molecular formula is C24H23F3N8O2S. The predicted octanol–water partition coefficient (Wildman–Crippen LogP) is 4.00. The number of anilines is 2. The van der Waals surface area contributed by atoms with Gasteiger partial charge in [0.1, 0.15) is 11.4 Å². The van der Waals surface area contributed by atoms with Gasteiger partial charge in [-0.1, -0.05) is 5.21 Å². The molecule has 0 radical (unpaired) electrons. The van der Waals surface area contributed by atoms with E-state index in [0.29, 0.717) is 35.9 Å². The molecule has 0 aliphatic carbocycles. The number of carbonyl (C=O) groups is 1. The Labute approximate surface area is 219 Å². The highest BCUT2D eigenvalue weighted by atomic mass is 32.1. The molecule has 0 saturated carbocycles. The molecule has 0 bridgehead atoms. The van der Waals surface area contributed by atoms with Crippen LogP contribution >= 0.6 is 11.3 Å². The van der Waals surface area contributed by atoms with Crippen molar-refractivity contribution in [1.82, 2.24) is 29.9 Å². The molecule has 1 aromatic carbocycles. The molecule has 0 atom stereocenters. The maximum Gasteiger partial charge on any atom is 0.573 e. The molecule has 1 aliphatic rings. The van der Waals surface area contributed by atoms with E-state index in [9.17, 15) is 18.0 Å². The highest BCUT2D eigenvalue weighted by Crippen LogP contribution is 2.32. The van der Waals surface area contributed by atoms with E-state index < -0.39 is 18.0 Å². The Balaban J connectivity index is 1.40. The van der Waals surface area contributed by atoms with Crippen molar-refractivity contribution in [3.8, 4) is 22.0 Å². The number of nitrogens with zero attached hydrogens (tertiary/aromatic N) is 7. The van der Waals surface area contributed by atoms with Crippen molar-refractivity contribution in [3.05, 3.63) is 59.6 Å². The van der Waals surface area contributed by atoms with Crippen LogP contribution < -0.4 is 15.0 Å². The zero-order valence-corrected chi connectivity index (χ0v) is 21.3. The minimum absolute atomic E-state index is 0.168. The number of benzene rings is 1. The summed E-state index contributed by atoms with van der Waals surface area (Å²) in [6.45, 7) is 4.55. The normalized spacial score (nSPS) is 14.5. The van der Waals surface area contributed by atoms with Crippen molar-refractivity contribution in [2.45, 2.75) is 13.3 Å². The van der Waals surface area contributed by atoms with Gasteiger partial charge in [0.15, 0.2) is 0 Å². The van der Waals surface area contributed by atoms with Gasteiger partial charge >= 0.3 is 6.36 Å². The van der Waals surface area contributed by atoms with Crippen LogP contribution in [0.4, 0.5) is 24.5 Å². The topological polar surface area (TPSA) is 101 Å². The zero-order valence-electron chi connectivity index (χ0n) is 20.4. The van der Waals surface area contributed by atoms with Crippen LogP contribution in [-0.2, 0) is 0 Å². The summed E-state index contributed by atoms with van der Waals surface area (Å²) in [5.74, 6) is -0.958. The molecule has 1 aliphatic heterocycles. The number of thiazole rings is 1. The van der Waals surface area contributed by atoms with Crippen LogP contribution in [0.5, 0.6) is 5.75 Å². The number of likely N-dealkylation sites (N-methyl/N-ethyl adjacent to an activating group) is 1. The van der Waals surface area contributed by atoms with E-state index in [0.717, 1.165) is 24.0 Å². The van der Waals surface area contributed by atoms with E-state index in [1.54, 1.807) is 37.0 Å². The van der Waals surface area contributed by atoms with E-state index in [1.807, 2.05) is 11.9 Å². The number of amides is 1. The van der Waals surface area contributed by atoms with E-state index in [2.05, 4.69) is 35.2 Å². The number of alkyl halides is 3. The van der Waals surface area contributed by atoms with E-state index in [4.69, 9.17) is 0 Å². The lowest BCUT2D eigenvalue weighted by Crippen LogP contribution is -2.44. The van der Waals surface area contributed by atoms with Gasteiger partial charge < -0.3 is 19.9 Å². The number of aromatic nitrogens is 5. The Morgan fingerprint density at radius 2 is 1.89 bits per heavy atom. The van der Waals surface area contributed by atoms with Crippen molar-refractivity contribution in [2.24, 2.45) is 0 Å². The van der Waals surface area contributed by atoms with Gasteiger partial charge in [-0.25, -0.2) is 4.68 Å². The standard InChI is InChI=1S/C24H23F3N8O2S/c1-15-21(35-13-20(31-32-35)22-12-28-14-38-22)7-16(11-29-15)23(36)30-17-8-18(34-5-3-33(2)4-6-34)10-19(9-17)37-24(25,26)27/h7-14H,3-6H2,1-2H3,(H,30,36). The van der Waals surface area contributed by atoms with Crippen LogP contribution in [0, 0.1) is 6.92 Å². The van der Waals surface area contributed by atoms with Crippen LogP contribution in [-0.4, -0.2) is 75.4 Å². The Bertz CT molecular complexity index is 1430. The Morgan fingerprint density at radius 1 is 1.11 bits per heavy atom. The summed E-state index contributed by atoms with van der Waals surface area (Å²) < 4.78 is 44.7. The van der Waals surface area contributed by atoms with Gasteiger partial charge in [-0.3, -0.25) is 14.8 Å². The average Bonchev–Trinajstić information content (AvgIpc) is 3.56. The number of hydrogen-bond acceptors (Lipinski definition) is 9. The summed E-state index contributed by atoms with van der Waals surface area (Å²) >= 11 is 1.42. The summed E-state index contributed by atoms with van der Waals surface area (Å²) in [4.78, 5) is 26.4. The molecule has 1 amide bonds. The number of piperazine rings is 1. The second-order valence-corrected chi connectivity index (χ2v) is 9.64. The summed E-state index contributed by atoms with van der Waals surface area (Å²) in [6.07, 6.45) is -0.0826. The summed E-state index contributed by atoms with van der Waals surface area (Å²) in [5, 5.41) is 11.0. The summed E-state index contributed by atoms with van der Waals surface area (Å²) in [5.41, 5.74) is 4.35. The SMILES string of the molecule is Cc1ncc(C(=O)Nc2cc(OC(F)(F)F)cc(N3CCN(C)CC3)c2)cc1-n1cc(-c2cncs2)nn1. The molecule has 1 fully saturated rings. The minimum Gasteiger partial charge on any atom is -0.406 e. The number of pyridine rings is 1. The van der Waals surface area contributed by atoms with Crippen LogP contribution in [0.1, 0.15) is 16.1 Å². The van der Waals surface area contributed by atoms with Crippen molar-refractivity contribution in [2.75, 3.05) is 43.4 Å². The van der Waals surface area contributed by atoms with Crippen molar-refractivity contribution >= 4 is 28.6 Å². The maximum atomic E-state index is 13.1. The quantitative estimate of drug-likeness (QED) is 0.389. The molecule has 38 heavy (non-hydrogen) atoms. The molecule has 4 heterocycles. The molecule has 5 rings (SSSR count). The smallest absolute Gasteiger partial charge is 0.406 e. The molecule has 198 valence electrons. The number of ether oxygens (including phenoxy) is 1. The molecule has 10 nitrogen and oxygen atoms in total. The lowest BCUT2D eigenvalue weighted by Gasteiger charge is -2.34. The van der Waals surface area contributed by atoms with Gasteiger partial charge in [0, 0.05) is 62.1 Å². The number of carbonyl (C=O) groups excluding carboxylic acids is 1. The third-order valence-electron chi connectivity index (χ3n) is 6.00. The van der Waals surface area contributed by atoms with Gasteiger partial charge in [0.2, 0.25) is 0 Å². The fourth-order valence-electron chi connectivity index (χ4n) is 4.01. The van der Waals surface area contributed by atoms with Gasteiger partial charge in [-0.05, 0) is 26.1 Å². The largest absolute Gasteiger partial charge is 0.573 e. The predicted molar refractivity (Wildman–Crippen MR) is 136 cm³/mol. The number of rotatable bonds is 6. The summed E-state index contributed by atoms with van der Waals surface area (Å²) in [7, 11) is 1.98. The van der Waals surface area contributed by atoms with Crippen LogP contribution in [0.25, 0.3) is 16.3 Å². The van der Waals surface area contributed by atoms with E-state index in [-0.39, 0.29) is 11.3 Å².